The summed E-state index contributed by atoms with van der Waals surface area (Å²) >= 11 is 0. The Morgan fingerprint density at radius 3 is 2.16 bits per heavy atom. The number of aryl methyl sites for hydroxylation is 1. The molecule has 8 nitrogen and oxygen atoms in total. The van der Waals surface area contributed by atoms with E-state index in [-0.39, 0.29) is 18.0 Å². The second-order valence-corrected chi connectivity index (χ2v) is 9.59. The first-order valence-corrected chi connectivity index (χ1v) is 13.1. The Kier molecular flexibility index (Phi) is 9.98. The van der Waals surface area contributed by atoms with E-state index in [4.69, 9.17) is 0 Å². The minimum atomic E-state index is -0.704. The van der Waals surface area contributed by atoms with Gasteiger partial charge in [-0.05, 0) is 43.2 Å². The molecule has 0 bridgehead atoms. The molecular formula is C30H36N6O2. The zero-order chi connectivity index (χ0) is 26.6. The van der Waals surface area contributed by atoms with Gasteiger partial charge in [0.1, 0.15) is 6.04 Å². The van der Waals surface area contributed by atoms with Gasteiger partial charge in [-0.3, -0.25) is 4.79 Å². The van der Waals surface area contributed by atoms with E-state index < -0.39 is 6.04 Å². The normalized spacial score (nSPS) is 15.7. The Morgan fingerprint density at radius 1 is 0.868 bits per heavy atom. The van der Waals surface area contributed by atoms with Gasteiger partial charge in [-0.25, -0.2) is 14.8 Å². The van der Waals surface area contributed by atoms with E-state index in [2.05, 4.69) is 37.6 Å². The summed E-state index contributed by atoms with van der Waals surface area (Å²) < 4.78 is 0. The van der Waals surface area contributed by atoms with E-state index in [0.29, 0.717) is 31.8 Å². The Labute approximate surface area is 224 Å². The highest BCUT2D eigenvalue weighted by molar-refractivity contribution is 5.87. The molecule has 1 saturated heterocycles. The SMILES string of the molecule is CN1CCN(C(=O)NC(Cc2ccccc2)C(=O)NC(C=Cc2ncccn2)CCc2ccccc2)CC1. The van der Waals surface area contributed by atoms with E-state index >= 15 is 0 Å². The second-order valence-electron chi connectivity index (χ2n) is 9.59. The van der Waals surface area contributed by atoms with Gasteiger partial charge in [0.2, 0.25) is 5.91 Å². The number of nitrogens with zero attached hydrogens (tertiary/aromatic N) is 4. The summed E-state index contributed by atoms with van der Waals surface area (Å²) in [7, 11) is 2.05. The van der Waals surface area contributed by atoms with Gasteiger partial charge in [0.25, 0.3) is 0 Å². The average Bonchev–Trinajstić information content (AvgIpc) is 2.96. The van der Waals surface area contributed by atoms with E-state index in [1.165, 1.54) is 5.56 Å². The number of likely N-dealkylation sites (N-methyl/N-ethyl adjacent to an activating group) is 1. The van der Waals surface area contributed by atoms with E-state index in [9.17, 15) is 9.59 Å². The quantitative estimate of drug-likeness (QED) is 0.436. The first-order chi connectivity index (χ1) is 18.6. The smallest absolute Gasteiger partial charge is 0.318 e. The van der Waals surface area contributed by atoms with Gasteiger partial charge in [0.05, 0.1) is 0 Å². The maximum absolute atomic E-state index is 13.6. The van der Waals surface area contributed by atoms with Crippen LogP contribution < -0.4 is 10.6 Å². The number of hydrogen-bond donors (Lipinski definition) is 2. The summed E-state index contributed by atoms with van der Waals surface area (Å²) in [5.41, 5.74) is 2.18. The third kappa shape index (κ3) is 8.52. The minimum absolute atomic E-state index is 0.205. The van der Waals surface area contributed by atoms with Crippen LogP contribution in [0.4, 0.5) is 4.79 Å². The molecule has 1 aliphatic rings. The van der Waals surface area contributed by atoms with Crippen molar-refractivity contribution in [2.24, 2.45) is 0 Å². The number of benzene rings is 2. The van der Waals surface area contributed by atoms with Gasteiger partial charge in [0, 0.05) is 51.0 Å². The molecule has 0 spiro atoms. The second kappa shape index (κ2) is 14.0. The van der Waals surface area contributed by atoms with Crippen molar-refractivity contribution in [3.8, 4) is 0 Å². The molecule has 0 aliphatic carbocycles. The molecule has 1 aromatic heterocycles. The van der Waals surface area contributed by atoms with Crippen LogP contribution in [-0.2, 0) is 17.6 Å². The zero-order valence-corrected chi connectivity index (χ0v) is 21.9. The fourth-order valence-corrected chi connectivity index (χ4v) is 4.37. The van der Waals surface area contributed by atoms with Crippen molar-refractivity contribution >= 4 is 18.0 Å². The minimum Gasteiger partial charge on any atom is -0.348 e. The van der Waals surface area contributed by atoms with Crippen LogP contribution in [0.2, 0.25) is 0 Å². The van der Waals surface area contributed by atoms with Crippen molar-refractivity contribution in [3.05, 3.63) is 102 Å². The number of carbonyl (C=O) groups excluding carboxylic acids is 2. The zero-order valence-electron chi connectivity index (χ0n) is 21.9. The standard InChI is InChI=1S/C30H36N6O2/c1-35-19-21-36(22-20-35)30(38)34-27(23-25-11-6-3-7-12-25)29(37)33-26(14-13-24-9-4-2-5-10-24)15-16-28-31-17-8-18-32-28/h2-12,15-18,26-27H,13-14,19-23H2,1H3,(H,33,37)(H,34,38). The van der Waals surface area contributed by atoms with Crippen molar-refractivity contribution in [1.29, 1.82) is 0 Å². The van der Waals surface area contributed by atoms with Crippen LogP contribution >= 0.6 is 0 Å². The maximum Gasteiger partial charge on any atom is 0.318 e. The molecule has 8 heteroatoms. The number of rotatable bonds is 10. The lowest BCUT2D eigenvalue weighted by molar-refractivity contribution is -0.123. The molecule has 3 amide bonds. The predicted molar refractivity (Wildman–Crippen MR) is 149 cm³/mol. The number of aromatic nitrogens is 2. The molecule has 2 aromatic carbocycles. The molecule has 198 valence electrons. The fraction of sp³-hybridized carbons (Fsp3) is 0.333. The summed E-state index contributed by atoms with van der Waals surface area (Å²) in [5.74, 6) is 0.365. The highest BCUT2D eigenvalue weighted by atomic mass is 16.2. The molecule has 4 rings (SSSR count). The number of hydrogen-bond acceptors (Lipinski definition) is 5. The molecule has 2 N–H and O–H groups in total. The Bertz CT molecular complexity index is 1170. The average molecular weight is 513 g/mol. The summed E-state index contributed by atoms with van der Waals surface area (Å²) in [5, 5.41) is 6.18. The number of piperazine rings is 1. The lowest BCUT2D eigenvalue weighted by Crippen LogP contribution is -2.56. The molecule has 2 heterocycles. The fourth-order valence-electron chi connectivity index (χ4n) is 4.37. The van der Waals surface area contributed by atoms with E-state index in [0.717, 1.165) is 25.1 Å². The van der Waals surface area contributed by atoms with Crippen molar-refractivity contribution in [2.45, 2.75) is 31.3 Å². The third-order valence-corrected chi connectivity index (χ3v) is 6.67. The third-order valence-electron chi connectivity index (χ3n) is 6.67. The summed E-state index contributed by atoms with van der Waals surface area (Å²) in [6, 6.07) is 20.6. The van der Waals surface area contributed by atoms with Gasteiger partial charge in [0.15, 0.2) is 5.82 Å². The first kappa shape index (κ1) is 27.0. The van der Waals surface area contributed by atoms with Crippen molar-refractivity contribution < 1.29 is 9.59 Å². The lowest BCUT2D eigenvalue weighted by Gasteiger charge is -2.33. The van der Waals surface area contributed by atoms with Crippen LogP contribution in [0, 0.1) is 0 Å². The van der Waals surface area contributed by atoms with Gasteiger partial charge in [-0.1, -0.05) is 66.7 Å². The Hall–Kier alpha value is -4.04. The van der Waals surface area contributed by atoms with Crippen LogP contribution in [0.1, 0.15) is 23.4 Å². The summed E-state index contributed by atoms with van der Waals surface area (Å²) in [6.07, 6.45) is 9.03. The molecule has 2 unspecified atom stereocenters. The molecule has 0 radical (unpaired) electrons. The van der Waals surface area contributed by atoms with E-state index in [1.54, 1.807) is 23.4 Å². The predicted octanol–water partition coefficient (Wildman–Crippen LogP) is 3.18. The maximum atomic E-state index is 13.6. The van der Waals surface area contributed by atoms with Crippen LogP contribution in [0.15, 0.2) is 85.2 Å². The number of urea groups is 1. The molecule has 3 aromatic rings. The van der Waals surface area contributed by atoms with Crippen LogP contribution in [0.3, 0.4) is 0 Å². The highest BCUT2D eigenvalue weighted by Gasteiger charge is 2.27. The molecule has 1 aliphatic heterocycles. The van der Waals surface area contributed by atoms with Crippen molar-refractivity contribution in [3.63, 3.8) is 0 Å². The molecule has 38 heavy (non-hydrogen) atoms. The van der Waals surface area contributed by atoms with Gasteiger partial charge in [-0.2, -0.15) is 0 Å². The first-order valence-electron chi connectivity index (χ1n) is 13.1. The van der Waals surface area contributed by atoms with Gasteiger partial charge >= 0.3 is 6.03 Å². The Morgan fingerprint density at radius 2 is 1.50 bits per heavy atom. The van der Waals surface area contributed by atoms with Crippen LogP contribution in [0.25, 0.3) is 6.08 Å². The number of carbonyl (C=O) groups is 2. The van der Waals surface area contributed by atoms with E-state index in [1.807, 2.05) is 67.7 Å². The summed E-state index contributed by atoms with van der Waals surface area (Å²) in [4.78, 5) is 39.2. The number of amides is 3. The molecule has 1 fully saturated rings. The number of nitrogens with one attached hydrogen (secondary N) is 2. The topological polar surface area (TPSA) is 90.5 Å². The summed E-state index contributed by atoms with van der Waals surface area (Å²) in [6.45, 7) is 2.91. The van der Waals surface area contributed by atoms with Gasteiger partial charge in [-0.15, -0.1) is 0 Å². The van der Waals surface area contributed by atoms with Crippen LogP contribution in [0.5, 0.6) is 0 Å². The van der Waals surface area contributed by atoms with Crippen LogP contribution in [-0.4, -0.2) is 77.0 Å². The van der Waals surface area contributed by atoms with Crippen molar-refractivity contribution in [1.82, 2.24) is 30.4 Å². The van der Waals surface area contributed by atoms with Gasteiger partial charge < -0.3 is 20.4 Å². The molecular weight excluding hydrogens is 476 g/mol. The lowest BCUT2D eigenvalue weighted by atomic mass is 10.0. The monoisotopic (exact) mass is 512 g/mol. The Balaban J connectivity index is 1.48. The molecule has 0 saturated carbocycles. The highest BCUT2D eigenvalue weighted by Crippen LogP contribution is 2.10. The largest absolute Gasteiger partial charge is 0.348 e. The molecule has 2 atom stereocenters. The van der Waals surface area contributed by atoms with Crippen molar-refractivity contribution in [2.75, 3.05) is 33.2 Å².